The van der Waals surface area contributed by atoms with Crippen LogP contribution in [0.25, 0.3) is 6.08 Å². The number of aliphatic carboxylic acids is 1. The lowest BCUT2D eigenvalue weighted by molar-refractivity contribution is -0.139. The topological polar surface area (TPSA) is 105 Å². The van der Waals surface area contributed by atoms with E-state index >= 15 is 0 Å². The number of para-hydroxylation sites is 1. The zero-order chi connectivity index (χ0) is 21.7. The van der Waals surface area contributed by atoms with Gasteiger partial charge in [0.1, 0.15) is 5.57 Å². The third kappa shape index (κ3) is 4.33. The highest BCUT2D eigenvalue weighted by atomic mass is 16.5. The summed E-state index contributed by atoms with van der Waals surface area (Å²) in [7, 11) is 1.42. The van der Waals surface area contributed by atoms with Gasteiger partial charge in [-0.1, -0.05) is 24.3 Å². The van der Waals surface area contributed by atoms with Gasteiger partial charge < -0.3 is 14.6 Å². The van der Waals surface area contributed by atoms with Crippen molar-refractivity contribution in [3.8, 4) is 11.5 Å². The normalized spacial score (nSPS) is 14.6. The van der Waals surface area contributed by atoms with Crippen LogP contribution in [0.3, 0.4) is 0 Å². The Kier molecular flexibility index (Phi) is 6.17. The van der Waals surface area contributed by atoms with E-state index in [1.165, 1.54) is 18.2 Å². The van der Waals surface area contributed by atoms with Gasteiger partial charge in [0.2, 0.25) is 0 Å². The highest BCUT2D eigenvalue weighted by molar-refractivity contribution is 6.31. The van der Waals surface area contributed by atoms with Crippen LogP contribution in [-0.2, 0) is 20.8 Å². The number of carbonyl (C=O) groups excluding carboxylic acids is 2. The smallest absolute Gasteiger partial charge is 0.341 e. The number of allylic oxidation sites excluding steroid dienone is 1. The molecule has 3 rings (SSSR count). The van der Waals surface area contributed by atoms with Crippen molar-refractivity contribution >= 4 is 29.5 Å². The van der Waals surface area contributed by atoms with E-state index < -0.39 is 24.4 Å². The maximum absolute atomic E-state index is 12.8. The Hall–Kier alpha value is -4.07. The fraction of sp³-hybridized carbons (Fsp3) is 0.136. The number of hydrogen-bond acceptors (Lipinski definition) is 5. The highest BCUT2D eigenvalue weighted by Crippen LogP contribution is 2.34. The van der Waals surface area contributed by atoms with Gasteiger partial charge >= 0.3 is 5.97 Å². The lowest BCUT2D eigenvalue weighted by Crippen LogP contribution is -2.35. The number of carbonyl (C=O) groups is 3. The van der Waals surface area contributed by atoms with Crippen LogP contribution in [0, 0.1) is 0 Å². The molecule has 8 nitrogen and oxygen atoms in total. The first kappa shape index (κ1) is 20.7. The second-order valence-electron chi connectivity index (χ2n) is 6.36. The molecule has 0 unspecified atom stereocenters. The quantitative estimate of drug-likeness (QED) is 0.395. The van der Waals surface area contributed by atoms with E-state index in [1.54, 1.807) is 42.5 Å². The Morgan fingerprint density at radius 3 is 2.60 bits per heavy atom. The van der Waals surface area contributed by atoms with Gasteiger partial charge in [-0.2, -0.15) is 0 Å². The summed E-state index contributed by atoms with van der Waals surface area (Å²) in [5.74, 6) is -1.58. The molecule has 2 aromatic rings. The molecular weight excluding hydrogens is 388 g/mol. The summed E-state index contributed by atoms with van der Waals surface area (Å²) in [4.78, 5) is 36.0. The molecule has 8 heteroatoms. The standard InChI is InChI=1S/C22H20N2O6/c1-3-7-15-10-14(12-18(29-2)20(15)30-13-19(25)26)11-17-21(27)23-24(22(17)28)16-8-5-4-6-9-16/h3-6,8-12H,1,7,13H2,2H3,(H,23,27)(H,25,26). The second-order valence-corrected chi connectivity index (χ2v) is 6.36. The van der Waals surface area contributed by atoms with Crippen molar-refractivity contribution in [3.05, 3.63) is 71.8 Å². The molecule has 2 N–H and O–H groups in total. The highest BCUT2D eigenvalue weighted by Gasteiger charge is 2.34. The SMILES string of the molecule is C=CCc1cc(C=C2C(=O)NN(c3ccccc3)C2=O)cc(OC)c1OCC(=O)O. The van der Waals surface area contributed by atoms with Crippen LogP contribution in [0.1, 0.15) is 11.1 Å². The van der Waals surface area contributed by atoms with E-state index in [4.69, 9.17) is 14.6 Å². The van der Waals surface area contributed by atoms with Crippen molar-refractivity contribution in [1.82, 2.24) is 5.43 Å². The van der Waals surface area contributed by atoms with Crippen LogP contribution in [0.5, 0.6) is 11.5 Å². The zero-order valence-corrected chi connectivity index (χ0v) is 16.3. The predicted octanol–water partition coefficient (Wildman–Crippen LogP) is 2.35. The number of methoxy groups -OCH3 is 1. The molecular formula is C22H20N2O6. The fourth-order valence-electron chi connectivity index (χ4n) is 3.01. The molecule has 0 saturated carbocycles. The Bertz CT molecular complexity index is 1030. The van der Waals surface area contributed by atoms with Crippen LogP contribution in [0.15, 0.2) is 60.7 Å². The number of benzene rings is 2. The average molecular weight is 408 g/mol. The molecule has 1 fully saturated rings. The number of ether oxygens (including phenoxy) is 2. The fourth-order valence-corrected chi connectivity index (χ4v) is 3.01. The van der Waals surface area contributed by atoms with Crippen LogP contribution in [0.2, 0.25) is 0 Å². The number of amides is 2. The molecule has 2 aromatic carbocycles. The Morgan fingerprint density at radius 2 is 1.97 bits per heavy atom. The minimum atomic E-state index is -1.12. The molecule has 154 valence electrons. The van der Waals surface area contributed by atoms with Crippen LogP contribution in [0.4, 0.5) is 5.69 Å². The predicted molar refractivity (Wildman–Crippen MR) is 110 cm³/mol. The largest absolute Gasteiger partial charge is 0.493 e. The molecule has 0 radical (unpaired) electrons. The van der Waals surface area contributed by atoms with Gasteiger partial charge in [-0.25, -0.2) is 9.80 Å². The Labute approximate surface area is 173 Å². The van der Waals surface area contributed by atoms with Crippen LogP contribution < -0.4 is 19.9 Å². The summed E-state index contributed by atoms with van der Waals surface area (Å²) in [5, 5.41) is 10.1. The maximum atomic E-state index is 12.8. The van der Waals surface area contributed by atoms with Crippen molar-refractivity contribution in [2.75, 3.05) is 18.7 Å². The number of nitrogens with zero attached hydrogens (tertiary/aromatic N) is 1. The number of anilines is 1. The summed E-state index contributed by atoms with van der Waals surface area (Å²) in [6.45, 7) is 3.16. The van der Waals surface area contributed by atoms with Gasteiger partial charge in [0.05, 0.1) is 12.8 Å². The lowest BCUT2D eigenvalue weighted by Gasteiger charge is -2.15. The van der Waals surface area contributed by atoms with Crippen molar-refractivity contribution in [1.29, 1.82) is 0 Å². The molecule has 0 atom stereocenters. The van der Waals surface area contributed by atoms with Gasteiger partial charge in [0.25, 0.3) is 11.8 Å². The molecule has 1 aliphatic rings. The number of rotatable bonds is 8. The first-order chi connectivity index (χ1) is 14.4. The van der Waals surface area contributed by atoms with Gasteiger partial charge in [0.15, 0.2) is 18.1 Å². The van der Waals surface area contributed by atoms with Gasteiger partial charge in [0, 0.05) is 5.56 Å². The number of carboxylic acid groups (broad SMARTS) is 1. The molecule has 2 amide bonds. The number of hydrazine groups is 1. The third-order valence-electron chi connectivity index (χ3n) is 4.30. The van der Waals surface area contributed by atoms with Gasteiger partial charge in [-0.3, -0.25) is 15.0 Å². The van der Waals surface area contributed by atoms with Crippen molar-refractivity contribution in [2.24, 2.45) is 0 Å². The first-order valence-electron chi connectivity index (χ1n) is 9.03. The molecule has 0 aromatic heterocycles. The minimum Gasteiger partial charge on any atom is -0.493 e. The molecule has 0 spiro atoms. The van der Waals surface area contributed by atoms with E-state index in [2.05, 4.69) is 12.0 Å². The molecule has 0 bridgehead atoms. The molecule has 1 heterocycles. The van der Waals surface area contributed by atoms with E-state index in [0.29, 0.717) is 23.2 Å². The van der Waals surface area contributed by atoms with E-state index in [0.717, 1.165) is 0 Å². The van der Waals surface area contributed by atoms with Gasteiger partial charge in [-0.05, 0) is 42.3 Å². The summed E-state index contributed by atoms with van der Waals surface area (Å²) in [6, 6.07) is 12.0. The first-order valence-corrected chi connectivity index (χ1v) is 9.03. The zero-order valence-electron chi connectivity index (χ0n) is 16.3. The maximum Gasteiger partial charge on any atom is 0.341 e. The van der Waals surface area contributed by atoms with Crippen molar-refractivity contribution < 1.29 is 29.0 Å². The van der Waals surface area contributed by atoms with Crippen LogP contribution >= 0.6 is 0 Å². The second kappa shape index (κ2) is 8.95. The van der Waals surface area contributed by atoms with Crippen LogP contribution in [-0.4, -0.2) is 36.6 Å². The summed E-state index contributed by atoms with van der Waals surface area (Å²) >= 11 is 0. The summed E-state index contributed by atoms with van der Waals surface area (Å²) < 4.78 is 10.7. The van der Waals surface area contributed by atoms with E-state index in [-0.39, 0.29) is 17.1 Å². The number of carboxylic acids is 1. The molecule has 1 saturated heterocycles. The van der Waals surface area contributed by atoms with Crippen molar-refractivity contribution in [2.45, 2.75) is 6.42 Å². The Balaban J connectivity index is 1.98. The average Bonchev–Trinajstić information content (AvgIpc) is 3.01. The summed E-state index contributed by atoms with van der Waals surface area (Å²) in [6.07, 6.45) is 3.46. The van der Waals surface area contributed by atoms with Gasteiger partial charge in [-0.15, -0.1) is 6.58 Å². The number of hydrogen-bond donors (Lipinski definition) is 2. The molecule has 1 aliphatic heterocycles. The van der Waals surface area contributed by atoms with Crippen molar-refractivity contribution in [3.63, 3.8) is 0 Å². The molecule has 30 heavy (non-hydrogen) atoms. The monoisotopic (exact) mass is 408 g/mol. The van der Waals surface area contributed by atoms with E-state index in [9.17, 15) is 14.4 Å². The molecule has 0 aliphatic carbocycles. The Morgan fingerprint density at radius 1 is 1.23 bits per heavy atom. The lowest BCUT2D eigenvalue weighted by atomic mass is 10.0. The summed E-state index contributed by atoms with van der Waals surface area (Å²) in [5.41, 5.74) is 4.19. The van der Waals surface area contributed by atoms with E-state index in [1.807, 2.05) is 6.07 Å². The number of nitrogens with one attached hydrogen (secondary N) is 1. The third-order valence-corrected chi connectivity index (χ3v) is 4.30. The minimum absolute atomic E-state index is 0.0373.